The lowest BCUT2D eigenvalue weighted by Gasteiger charge is -2.23. The highest BCUT2D eigenvalue weighted by atomic mass is 35.5. The lowest BCUT2D eigenvalue weighted by molar-refractivity contribution is 0.510. The Kier molecular flexibility index (Phi) is 3.87. The fraction of sp³-hybridized carbons (Fsp3) is 0.750. The topological polar surface area (TPSA) is 0 Å². The van der Waals surface area contributed by atoms with E-state index in [-0.39, 0.29) is 5.38 Å². The zero-order valence-electron chi connectivity index (χ0n) is 5.89. The first-order valence-electron chi connectivity index (χ1n) is 3.69. The van der Waals surface area contributed by atoms with Gasteiger partial charge in [-0.25, -0.2) is 0 Å². The first-order chi connectivity index (χ1) is 4.84. The fourth-order valence-electron chi connectivity index (χ4n) is 1.24. The third-order valence-electron chi connectivity index (χ3n) is 1.89. The summed E-state index contributed by atoms with van der Waals surface area (Å²) >= 11 is 11.6. The Labute approximate surface area is 72.9 Å². The van der Waals surface area contributed by atoms with Gasteiger partial charge >= 0.3 is 0 Å². The molecule has 1 aliphatic rings. The van der Waals surface area contributed by atoms with Gasteiger partial charge in [0.2, 0.25) is 0 Å². The summed E-state index contributed by atoms with van der Waals surface area (Å²) in [6, 6.07) is 0. The molecule has 0 aromatic heterocycles. The second kappa shape index (κ2) is 4.46. The second-order valence-electron chi connectivity index (χ2n) is 2.67. The van der Waals surface area contributed by atoms with Gasteiger partial charge in [0.1, 0.15) is 0 Å². The molecule has 1 aliphatic carbocycles. The van der Waals surface area contributed by atoms with Crippen LogP contribution in [-0.2, 0) is 0 Å². The van der Waals surface area contributed by atoms with Gasteiger partial charge in [-0.3, -0.25) is 0 Å². The van der Waals surface area contributed by atoms with Crippen LogP contribution in [0, 0.1) is 18.8 Å². The van der Waals surface area contributed by atoms with Crippen molar-refractivity contribution in [1.82, 2.24) is 0 Å². The minimum atomic E-state index is 0.137. The van der Waals surface area contributed by atoms with E-state index in [1.807, 2.05) is 0 Å². The summed E-state index contributed by atoms with van der Waals surface area (Å²) in [4.78, 5) is 0. The molecule has 0 bridgehead atoms. The van der Waals surface area contributed by atoms with Crippen LogP contribution in [0.3, 0.4) is 0 Å². The predicted molar refractivity (Wildman–Crippen MR) is 46.3 cm³/mol. The minimum absolute atomic E-state index is 0.137. The summed E-state index contributed by atoms with van der Waals surface area (Å²) in [7, 11) is 0. The Morgan fingerprint density at radius 1 is 1.50 bits per heavy atom. The van der Waals surface area contributed by atoms with Crippen molar-refractivity contribution in [2.45, 2.75) is 24.6 Å². The molecule has 0 saturated heterocycles. The molecular formula is C8H12Cl2. The van der Waals surface area contributed by atoms with E-state index in [9.17, 15) is 0 Å². The molecule has 0 spiro atoms. The molecular weight excluding hydrogens is 167 g/mol. The maximum atomic E-state index is 5.96. The molecule has 2 heteroatoms. The van der Waals surface area contributed by atoms with Gasteiger partial charge in [0.05, 0.1) is 5.38 Å². The van der Waals surface area contributed by atoms with Crippen molar-refractivity contribution >= 4 is 23.2 Å². The number of rotatable bonds is 2. The van der Waals surface area contributed by atoms with Gasteiger partial charge in [0.25, 0.3) is 0 Å². The standard InChI is InChI=1S/C8H12Cl2/c9-6-8(10)7-4-2-1-3-5-7/h2,5,7-8H,1,3-4,6H2. The van der Waals surface area contributed by atoms with Crippen LogP contribution in [0.5, 0.6) is 0 Å². The highest BCUT2D eigenvalue weighted by Gasteiger charge is 2.20. The van der Waals surface area contributed by atoms with E-state index in [4.69, 9.17) is 23.2 Å². The summed E-state index contributed by atoms with van der Waals surface area (Å²) in [6.07, 6.45) is 8.08. The maximum Gasteiger partial charge on any atom is 0.0502 e. The van der Waals surface area contributed by atoms with Crippen LogP contribution in [0.2, 0.25) is 0 Å². The Morgan fingerprint density at radius 3 is 2.80 bits per heavy atom. The maximum absolute atomic E-state index is 5.96. The van der Waals surface area contributed by atoms with E-state index in [0.29, 0.717) is 11.8 Å². The Morgan fingerprint density at radius 2 is 2.30 bits per heavy atom. The van der Waals surface area contributed by atoms with Gasteiger partial charge in [-0.1, -0.05) is 0 Å². The van der Waals surface area contributed by atoms with Crippen molar-refractivity contribution in [1.29, 1.82) is 0 Å². The van der Waals surface area contributed by atoms with Crippen LogP contribution in [0.25, 0.3) is 0 Å². The van der Waals surface area contributed by atoms with E-state index in [1.54, 1.807) is 0 Å². The summed E-state index contributed by atoms with van der Waals surface area (Å²) in [5.41, 5.74) is 0. The predicted octanol–water partition coefficient (Wildman–Crippen LogP) is 3.04. The van der Waals surface area contributed by atoms with Crippen molar-refractivity contribution in [3.05, 3.63) is 12.8 Å². The zero-order valence-corrected chi connectivity index (χ0v) is 7.41. The summed E-state index contributed by atoms with van der Waals surface area (Å²) in [6.45, 7) is 0. The first-order valence-corrected chi connectivity index (χ1v) is 4.66. The molecule has 0 aromatic carbocycles. The molecule has 2 unspecified atom stereocenters. The van der Waals surface area contributed by atoms with Crippen LogP contribution in [0.15, 0.2) is 0 Å². The smallest absolute Gasteiger partial charge is 0.0502 e. The van der Waals surface area contributed by atoms with Crippen LogP contribution < -0.4 is 0 Å². The van der Waals surface area contributed by atoms with Crippen molar-refractivity contribution in [3.63, 3.8) is 0 Å². The number of halogens is 2. The molecule has 0 amide bonds. The van der Waals surface area contributed by atoms with E-state index in [1.165, 1.54) is 12.8 Å². The molecule has 1 saturated carbocycles. The largest absolute Gasteiger partial charge is 0.125 e. The SMILES string of the molecule is ClCC(Cl)C1[CH]CC[CH]C1. The van der Waals surface area contributed by atoms with Crippen LogP contribution >= 0.6 is 23.2 Å². The van der Waals surface area contributed by atoms with Gasteiger partial charge in [0, 0.05) is 5.88 Å². The Hall–Kier alpha value is 0.580. The van der Waals surface area contributed by atoms with E-state index >= 15 is 0 Å². The van der Waals surface area contributed by atoms with E-state index in [0.717, 1.165) is 6.42 Å². The number of alkyl halides is 2. The molecule has 0 N–H and O–H groups in total. The molecule has 0 aromatic rings. The van der Waals surface area contributed by atoms with Crippen molar-refractivity contribution in [2.75, 3.05) is 5.88 Å². The summed E-state index contributed by atoms with van der Waals surface area (Å²) < 4.78 is 0. The minimum Gasteiger partial charge on any atom is -0.125 e. The molecule has 1 fully saturated rings. The van der Waals surface area contributed by atoms with Crippen LogP contribution in [-0.4, -0.2) is 11.3 Å². The van der Waals surface area contributed by atoms with Gasteiger partial charge in [-0.15, -0.1) is 23.2 Å². The Bertz CT molecular complexity index is 87.3. The Balaban J connectivity index is 2.24. The molecule has 10 heavy (non-hydrogen) atoms. The quantitative estimate of drug-likeness (QED) is 0.571. The monoisotopic (exact) mass is 178 g/mol. The van der Waals surface area contributed by atoms with E-state index < -0.39 is 0 Å². The van der Waals surface area contributed by atoms with Gasteiger partial charge in [0.15, 0.2) is 0 Å². The zero-order chi connectivity index (χ0) is 7.40. The first kappa shape index (κ1) is 8.67. The van der Waals surface area contributed by atoms with Crippen LogP contribution in [0.1, 0.15) is 19.3 Å². The molecule has 0 heterocycles. The second-order valence-corrected chi connectivity index (χ2v) is 3.54. The molecule has 0 aliphatic heterocycles. The van der Waals surface area contributed by atoms with Crippen LogP contribution in [0.4, 0.5) is 0 Å². The molecule has 2 radical (unpaired) electrons. The third-order valence-corrected chi connectivity index (χ3v) is 2.86. The average Bonchev–Trinajstić information content (AvgIpc) is 2.05. The van der Waals surface area contributed by atoms with E-state index in [2.05, 4.69) is 12.8 Å². The average molecular weight is 179 g/mol. The number of hydrogen-bond acceptors (Lipinski definition) is 0. The summed E-state index contributed by atoms with van der Waals surface area (Å²) in [5.74, 6) is 1.09. The normalized spacial score (nSPS) is 24.6. The van der Waals surface area contributed by atoms with Gasteiger partial charge in [-0.05, 0) is 38.0 Å². The lowest BCUT2D eigenvalue weighted by atomic mass is 9.87. The van der Waals surface area contributed by atoms with Gasteiger partial charge in [-0.2, -0.15) is 0 Å². The van der Waals surface area contributed by atoms with Crippen molar-refractivity contribution in [2.24, 2.45) is 5.92 Å². The molecule has 2 atom stereocenters. The third kappa shape index (κ3) is 2.32. The van der Waals surface area contributed by atoms with Crippen molar-refractivity contribution in [3.8, 4) is 0 Å². The van der Waals surface area contributed by atoms with Crippen molar-refractivity contribution < 1.29 is 0 Å². The molecule has 58 valence electrons. The fourth-order valence-corrected chi connectivity index (χ4v) is 1.68. The number of hydrogen-bond donors (Lipinski definition) is 0. The lowest BCUT2D eigenvalue weighted by Crippen LogP contribution is -2.20. The van der Waals surface area contributed by atoms with Gasteiger partial charge < -0.3 is 0 Å². The highest BCUT2D eigenvalue weighted by molar-refractivity contribution is 6.28. The highest BCUT2D eigenvalue weighted by Crippen LogP contribution is 2.28. The summed E-state index contributed by atoms with van der Waals surface area (Å²) in [5, 5.41) is 0.137. The molecule has 1 rings (SSSR count). The molecule has 0 nitrogen and oxygen atoms in total.